The minimum Gasteiger partial charge on any atom is -0.310 e. The van der Waals surface area contributed by atoms with Crippen LogP contribution in [-0.4, -0.2) is 8.80 Å². The van der Waals surface area contributed by atoms with Crippen LogP contribution in [0.3, 0.4) is 0 Å². The van der Waals surface area contributed by atoms with Gasteiger partial charge in [-0.1, -0.05) is 118 Å². The van der Waals surface area contributed by atoms with Crippen molar-refractivity contribution in [2.75, 3.05) is 9.80 Å². The largest absolute Gasteiger partial charge is 0.310 e. The van der Waals surface area contributed by atoms with Crippen molar-refractivity contribution in [2.24, 2.45) is 0 Å². The molecule has 0 atom stereocenters. The number of hydrogen-bond donors (Lipinski definition) is 0. The lowest BCUT2D eigenvalue weighted by atomic mass is 9.86. The van der Waals surface area contributed by atoms with Crippen molar-refractivity contribution >= 4 is 110 Å². The quantitative estimate of drug-likeness (QED) is 0.152. The van der Waals surface area contributed by atoms with Gasteiger partial charge in [-0.05, 0) is 166 Å². The molecular weight excluding hydrogens is 925 g/mol. The topological polar surface area (TPSA) is 62.9 Å². The second kappa shape index (κ2) is 16.8. The van der Waals surface area contributed by atoms with Gasteiger partial charge in [-0.3, -0.25) is 0 Å². The van der Waals surface area contributed by atoms with E-state index >= 15 is 0 Å². The molecule has 13 aromatic rings. The highest BCUT2D eigenvalue weighted by Crippen LogP contribution is 2.52. The molecule has 0 saturated heterocycles. The minimum absolute atomic E-state index is 0.0721. The summed E-state index contributed by atoms with van der Waals surface area (Å²) in [6.45, 7) is 22.7. The van der Waals surface area contributed by atoms with Crippen LogP contribution in [0.15, 0.2) is 170 Å². The number of nitrogens with zero attached hydrogens (tertiary/aromatic N) is 6. The molecule has 4 heterocycles. The van der Waals surface area contributed by atoms with Gasteiger partial charge in [0.15, 0.2) is 0 Å². The standard InChI is InChI=1S/C70H60N6/c1-41(2)45-15-25-51(26-16-45)73(49-21-11-43(39-71)12-22-49)61-33-29-53-55-37-64-56(38-63(55)75-59-31-19-47(69(5,6)7)35-57(59)65(61)67(53)75)54-30-34-62(66-58-36-48(70(8,9)10)20-32-60(58)76(64)68(54)66)74(50-23-13-44(40-72)14-24-50)52-27-17-46(18-28-52)42(3)4/h11-38,41-42H,1-10H3. The zero-order chi connectivity index (χ0) is 52.7. The van der Waals surface area contributed by atoms with Crippen molar-refractivity contribution in [1.29, 1.82) is 10.5 Å². The summed E-state index contributed by atoms with van der Waals surface area (Å²) < 4.78 is 5.07. The molecule has 0 aliphatic rings. The number of nitriles is 2. The van der Waals surface area contributed by atoms with Crippen LogP contribution in [0.5, 0.6) is 0 Å². The smallest absolute Gasteiger partial charge is 0.0991 e. The molecule has 6 heteroatoms. The first-order valence-electron chi connectivity index (χ1n) is 26.8. The van der Waals surface area contributed by atoms with Crippen LogP contribution in [-0.2, 0) is 10.8 Å². The summed E-state index contributed by atoms with van der Waals surface area (Å²) in [5.41, 5.74) is 19.6. The van der Waals surface area contributed by atoms with E-state index in [0.717, 1.165) is 34.1 Å². The Kier molecular flexibility index (Phi) is 10.4. The Labute approximate surface area is 444 Å². The summed E-state index contributed by atoms with van der Waals surface area (Å²) in [5.74, 6) is 0.802. The average molecular weight is 985 g/mol. The summed E-state index contributed by atoms with van der Waals surface area (Å²) >= 11 is 0. The SMILES string of the molecule is CC(C)c1ccc(N(c2ccc(C#N)cc2)c2ccc3c4cc5c(cc4n4c6ccc(C(C)(C)C)cc6c2c34)c2ccc(N(c3ccc(C#N)cc3)c3ccc(C(C)C)cc3)c3c4cc(C(C)(C)C)ccc4n5c23)cc1. The lowest BCUT2D eigenvalue weighted by molar-refractivity contribution is 0.591. The Morgan fingerprint density at radius 1 is 0.368 bits per heavy atom. The molecule has 0 bridgehead atoms. The van der Waals surface area contributed by atoms with Gasteiger partial charge in [0.25, 0.3) is 0 Å². The molecule has 4 aromatic heterocycles. The van der Waals surface area contributed by atoms with E-state index < -0.39 is 0 Å². The van der Waals surface area contributed by atoms with Crippen molar-refractivity contribution in [2.45, 2.75) is 91.9 Å². The molecule has 0 aliphatic heterocycles. The number of anilines is 6. The summed E-state index contributed by atoms with van der Waals surface area (Å²) in [4.78, 5) is 4.76. The first-order valence-corrected chi connectivity index (χ1v) is 26.8. The van der Waals surface area contributed by atoms with Gasteiger partial charge in [0, 0.05) is 65.8 Å². The molecule has 0 saturated carbocycles. The summed E-state index contributed by atoms with van der Waals surface area (Å²) in [6, 6.07) is 67.1. The van der Waals surface area contributed by atoms with Gasteiger partial charge in [0.2, 0.25) is 0 Å². The van der Waals surface area contributed by atoms with Gasteiger partial charge in [0.1, 0.15) is 0 Å². The van der Waals surface area contributed by atoms with Gasteiger partial charge in [-0.2, -0.15) is 10.5 Å². The Balaban J connectivity index is 1.13. The van der Waals surface area contributed by atoms with Crippen LogP contribution in [0.2, 0.25) is 0 Å². The van der Waals surface area contributed by atoms with Crippen molar-refractivity contribution in [1.82, 2.24) is 8.80 Å². The molecule has 0 spiro atoms. The molecule has 6 nitrogen and oxygen atoms in total. The van der Waals surface area contributed by atoms with E-state index in [-0.39, 0.29) is 10.8 Å². The first-order chi connectivity index (χ1) is 36.5. The van der Waals surface area contributed by atoms with Gasteiger partial charge < -0.3 is 18.6 Å². The second-order valence-corrected chi connectivity index (χ2v) is 23.7. The fraction of sp³-hybridized carbons (Fsp3) is 0.200. The normalized spacial score (nSPS) is 12.6. The third-order valence-corrected chi connectivity index (χ3v) is 16.3. The maximum atomic E-state index is 9.88. The third kappa shape index (κ3) is 7.04. The van der Waals surface area contributed by atoms with Crippen LogP contribution >= 0.6 is 0 Å². The lowest BCUT2D eigenvalue weighted by Gasteiger charge is -2.27. The summed E-state index contributed by atoms with van der Waals surface area (Å²) in [7, 11) is 0. The van der Waals surface area contributed by atoms with Crippen molar-refractivity contribution in [3.8, 4) is 12.1 Å². The van der Waals surface area contributed by atoms with E-state index in [0.29, 0.717) is 23.0 Å². The van der Waals surface area contributed by atoms with Crippen LogP contribution in [0, 0.1) is 22.7 Å². The number of aromatic nitrogens is 2. The predicted molar refractivity (Wildman–Crippen MR) is 320 cm³/mol. The number of rotatable bonds is 8. The minimum atomic E-state index is -0.0721. The Morgan fingerprint density at radius 2 is 0.711 bits per heavy atom. The molecule has 0 fully saturated rings. The second-order valence-electron chi connectivity index (χ2n) is 23.7. The highest BCUT2D eigenvalue weighted by Gasteiger charge is 2.30. The highest BCUT2D eigenvalue weighted by molar-refractivity contribution is 6.32. The predicted octanol–water partition coefficient (Wildman–Crippen LogP) is 19.5. The van der Waals surface area contributed by atoms with Gasteiger partial charge >= 0.3 is 0 Å². The average Bonchev–Trinajstić information content (AvgIpc) is 4.14. The molecule has 0 unspecified atom stereocenters. The molecule has 0 aliphatic carbocycles. The highest BCUT2D eigenvalue weighted by atomic mass is 15.2. The zero-order valence-electron chi connectivity index (χ0n) is 45.0. The zero-order valence-corrected chi connectivity index (χ0v) is 45.0. The van der Waals surface area contributed by atoms with E-state index in [4.69, 9.17) is 0 Å². The molecule has 0 amide bonds. The Bertz CT molecular complexity index is 4230. The van der Waals surface area contributed by atoms with Crippen molar-refractivity contribution < 1.29 is 0 Å². The van der Waals surface area contributed by atoms with Crippen LogP contribution in [0.25, 0.3) is 76.2 Å². The van der Waals surface area contributed by atoms with Crippen molar-refractivity contribution in [3.05, 3.63) is 203 Å². The van der Waals surface area contributed by atoms with Gasteiger partial charge in [0.05, 0.1) is 67.7 Å². The fourth-order valence-electron chi connectivity index (χ4n) is 12.1. The Hall–Kier alpha value is -8.84. The van der Waals surface area contributed by atoms with E-state index in [2.05, 4.69) is 246 Å². The van der Waals surface area contributed by atoms with Gasteiger partial charge in [-0.15, -0.1) is 0 Å². The van der Waals surface area contributed by atoms with Crippen LogP contribution in [0.4, 0.5) is 34.1 Å². The fourth-order valence-corrected chi connectivity index (χ4v) is 12.1. The molecule has 370 valence electrons. The molecule has 76 heavy (non-hydrogen) atoms. The first kappa shape index (κ1) is 46.9. The lowest BCUT2D eigenvalue weighted by Crippen LogP contribution is -2.11. The maximum absolute atomic E-state index is 9.88. The van der Waals surface area contributed by atoms with Crippen molar-refractivity contribution in [3.63, 3.8) is 0 Å². The summed E-state index contributed by atoms with van der Waals surface area (Å²) in [5, 5.41) is 29.4. The van der Waals surface area contributed by atoms with Crippen LogP contribution in [0.1, 0.15) is 114 Å². The molecular formula is C70H60N6. The van der Waals surface area contributed by atoms with Gasteiger partial charge in [-0.25, -0.2) is 0 Å². The van der Waals surface area contributed by atoms with E-state index in [1.54, 1.807) is 0 Å². The molecule has 0 radical (unpaired) electrons. The molecule has 9 aromatic carbocycles. The number of hydrogen-bond acceptors (Lipinski definition) is 4. The molecule has 0 N–H and O–H groups in total. The maximum Gasteiger partial charge on any atom is 0.0991 e. The number of fused-ring (bicyclic) bond motifs is 12. The third-order valence-electron chi connectivity index (χ3n) is 16.3. The number of benzene rings is 9. The van der Waals surface area contributed by atoms with E-state index in [9.17, 15) is 10.5 Å². The van der Waals surface area contributed by atoms with E-state index in [1.807, 2.05) is 24.3 Å². The molecule has 13 rings (SSSR count). The Morgan fingerprint density at radius 3 is 1.03 bits per heavy atom. The monoisotopic (exact) mass is 984 g/mol. The van der Waals surface area contributed by atoms with Crippen LogP contribution < -0.4 is 9.80 Å². The van der Waals surface area contributed by atoms with E-state index in [1.165, 1.54) is 98.4 Å². The summed E-state index contributed by atoms with van der Waals surface area (Å²) in [6.07, 6.45) is 0.